The molecule has 3 heteroatoms. The van der Waals surface area contributed by atoms with Gasteiger partial charge in [0.1, 0.15) is 11.6 Å². The van der Waals surface area contributed by atoms with Crippen LogP contribution < -0.4 is 16.2 Å². The molecule has 1 spiro atoms. The van der Waals surface area contributed by atoms with Crippen molar-refractivity contribution in [2.45, 2.75) is 0 Å². The largest absolute Gasteiger partial charge is 0.448 e. The molecule has 2 N–H and O–H groups in total. The van der Waals surface area contributed by atoms with E-state index in [1.165, 1.54) is 6.26 Å². The van der Waals surface area contributed by atoms with Crippen LogP contribution in [-0.2, 0) is 4.74 Å². The van der Waals surface area contributed by atoms with Crippen LogP contribution in [-0.4, -0.2) is 0 Å². The molecule has 3 nitrogen and oxygen atoms in total. The van der Waals surface area contributed by atoms with Crippen molar-refractivity contribution < 1.29 is 4.74 Å². The van der Waals surface area contributed by atoms with E-state index in [1.54, 1.807) is 0 Å². The van der Waals surface area contributed by atoms with Crippen LogP contribution in [0.15, 0.2) is 48.1 Å². The SMILES string of the molecule is N#CC1=C(N)OC=CC12C=c1ccccc1=C2. The monoisotopic (exact) mass is 222 g/mol. The zero-order valence-corrected chi connectivity index (χ0v) is 9.05. The van der Waals surface area contributed by atoms with E-state index in [0.717, 1.165) is 10.4 Å². The van der Waals surface area contributed by atoms with Crippen molar-refractivity contribution in [2.24, 2.45) is 11.1 Å². The molecule has 0 saturated carbocycles. The lowest BCUT2D eigenvalue weighted by molar-refractivity contribution is 0.324. The van der Waals surface area contributed by atoms with E-state index in [9.17, 15) is 5.26 Å². The number of hydrogen-bond donors (Lipinski definition) is 1. The number of rotatable bonds is 0. The Bertz CT molecular complexity index is 669. The van der Waals surface area contributed by atoms with E-state index in [-0.39, 0.29) is 5.88 Å². The van der Waals surface area contributed by atoms with Gasteiger partial charge in [0.2, 0.25) is 5.88 Å². The van der Waals surface area contributed by atoms with Gasteiger partial charge in [0.15, 0.2) is 0 Å². The molecule has 3 rings (SSSR count). The number of nitriles is 1. The molecule has 2 aliphatic rings. The Labute approximate surface area is 98.4 Å². The molecule has 0 saturated heterocycles. The van der Waals surface area contributed by atoms with E-state index in [0.29, 0.717) is 5.57 Å². The molecule has 1 aliphatic heterocycles. The smallest absolute Gasteiger partial charge is 0.205 e. The molecule has 17 heavy (non-hydrogen) atoms. The highest BCUT2D eigenvalue weighted by Crippen LogP contribution is 2.38. The molecule has 0 atom stereocenters. The zero-order chi connectivity index (χ0) is 11.9. The first-order valence-corrected chi connectivity index (χ1v) is 5.31. The fourth-order valence-corrected chi connectivity index (χ4v) is 2.30. The molecular weight excluding hydrogens is 212 g/mol. The lowest BCUT2D eigenvalue weighted by Crippen LogP contribution is -2.21. The Balaban J connectivity index is 2.31. The van der Waals surface area contributed by atoms with Crippen molar-refractivity contribution in [3.05, 3.63) is 58.5 Å². The third-order valence-corrected chi connectivity index (χ3v) is 3.11. The van der Waals surface area contributed by atoms with Crippen LogP contribution in [0.4, 0.5) is 0 Å². The molecule has 1 aromatic rings. The standard InChI is InChI=1S/C14H10N2O/c15-9-12-13(16)17-6-5-14(12)7-10-3-1-2-4-11(10)8-14/h1-8H,16H2. The van der Waals surface area contributed by atoms with E-state index >= 15 is 0 Å². The van der Waals surface area contributed by atoms with Gasteiger partial charge in [-0.25, -0.2) is 0 Å². The summed E-state index contributed by atoms with van der Waals surface area (Å²) in [5.74, 6) is 0.176. The maximum absolute atomic E-state index is 9.22. The molecule has 0 amide bonds. The second kappa shape index (κ2) is 3.26. The summed E-state index contributed by atoms with van der Waals surface area (Å²) in [6, 6.07) is 10.1. The molecule has 1 aromatic carbocycles. The van der Waals surface area contributed by atoms with Crippen LogP contribution in [0, 0.1) is 16.7 Å². The van der Waals surface area contributed by atoms with Gasteiger partial charge >= 0.3 is 0 Å². The van der Waals surface area contributed by atoms with Crippen LogP contribution in [0.5, 0.6) is 0 Å². The second-order valence-corrected chi connectivity index (χ2v) is 4.12. The van der Waals surface area contributed by atoms with E-state index in [2.05, 4.69) is 6.07 Å². The topological polar surface area (TPSA) is 59.0 Å². The van der Waals surface area contributed by atoms with Crippen molar-refractivity contribution in [3.8, 4) is 6.07 Å². The van der Waals surface area contributed by atoms with Gasteiger partial charge < -0.3 is 10.5 Å². The molecule has 0 fully saturated rings. The molecule has 0 aromatic heterocycles. The van der Waals surface area contributed by atoms with Crippen LogP contribution in [0.2, 0.25) is 0 Å². The number of benzene rings is 1. The minimum Gasteiger partial charge on any atom is -0.448 e. The Hall–Kier alpha value is -2.47. The van der Waals surface area contributed by atoms with E-state index < -0.39 is 5.41 Å². The first-order chi connectivity index (χ1) is 8.25. The number of nitrogens with two attached hydrogens (primary N) is 1. The van der Waals surface area contributed by atoms with Gasteiger partial charge in [0, 0.05) is 0 Å². The summed E-state index contributed by atoms with van der Waals surface area (Å²) >= 11 is 0. The summed E-state index contributed by atoms with van der Waals surface area (Å²) in [5.41, 5.74) is 5.62. The maximum Gasteiger partial charge on any atom is 0.205 e. The minimum atomic E-state index is -0.541. The van der Waals surface area contributed by atoms with Crippen molar-refractivity contribution in [2.75, 3.05) is 0 Å². The number of hydrogen-bond acceptors (Lipinski definition) is 3. The summed E-state index contributed by atoms with van der Waals surface area (Å²) in [5, 5.41) is 11.4. The highest BCUT2D eigenvalue weighted by molar-refractivity contribution is 5.70. The van der Waals surface area contributed by atoms with Gasteiger partial charge in [0.05, 0.1) is 11.7 Å². The first-order valence-electron chi connectivity index (χ1n) is 5.31. The van der Waals surface area contributed by atoms with Gasteiger partial charge in [-0.3, -0.25) is 0 Å². The summed E-state index contributed by atoms with van der Waals surface area (Å²) in [6.45, 7) is 0. The Morgan fingerprint density at radius 2 is 1.82 bits per heavy atom. The predicted octanol–water partition coefficient (Wildman–Crippen LogP) is 0.485. The quantitative estimate of drug-likeness (QED) is 0.694. The average molecular weight is 222 g/mol. The predicted molar refractivity (Wildman–Crippen MR) is 64.1 cm³/mol. The van der Waals surface area contributed by atoms with Gasteiger partial charge in [-0.05, 0) is 16.5 Å². The molecule has 0 unspecified atom stereocenters. The zero-order valence-electron chi connectivity index (χ0n) is 9.05. The molecule has 82 valence electrons. The first kappa shape index (κ1) is 9.73. The normalized spacial score (nSPS) is 19.0. The fourth-order valence-electron chi connectivity index (χ4n) is 2.30. The number of allylic oxidation sites excluding steroid dienone is 2. The van der Waals surface area contributed by atoms with Crippen molar-refractivity contribution in [1.29, 1.82) is 5.26 Å². The fraction of sp³-hybridized carbons (Fsp3) is 0.0714. The summed E-state index contributed by atoms with van der Waals surface area (Å²) in [4.78, 5) is 0. The second-order valence-electron chi connectivity index (χ2n) is 4.12. The highest BCUT2D eigenvalue weighted by Gasteiger charge is 2.34. The van der Waals surface area contributed by atoms with Gasteiger partial charge in [-0.1, -0.05) is 36.4 Å². The summed E-state index contributed by atoms with van der Waals surface area (Å²) in [7, 11) is 0. The van der Waals surface area contributed by atoms with Gasteiger partial charge in [0.25, 0.3) is 0 Å². The van der Waals surface area contributed by atoms with Crippen LogP contribution in [0.1, 0.15) is 0 Å². The Morgan fingerprint density at radius 3 is 2.41 bits per heavy atom. The highest BCUT2D eigenvalue weighted by atomic mass is 16.5. The van der Waals surface area contributed by atoms with E-state index in [1.807, 2.05) is 42.5 Å². The minimum absolute atomic E-state index is 0.176. The van der Waals surface area contributed by atoms with Crippen molar-refractivity contribution >= 4 is 12.2 Å². The molecule has 0 bridgehead atoms. The van der Waals surface area contributed by atoms with Crippen molar-refractivity contribution in [3.63, 3.8) is 0 Å². The van der Waals surface area contributed by atoms with Gasteiger partial charge in [-0.2, -0.15) is 5.26 Å². The summed E-state index contributed by atoms with van der Waals surface area (Å²) < 4.78 is 5.08. The lowest BCUT2D eigenvalue weighted by Gasteiger charge is -2.24. The Kier molecular flexibility index (Phi) is 1.87. The van der Waals surface area contributed by atoms with Crippen LogP contribution in [0.3, 0.4) is 0 Å². The van der Waals surface area contributed by atoms with Crippen molar-refractivity contribution in [1.82, 2.24) is 0 Å². The molecule has 0 radical (unpaired) electrons. The lowest BCUT2D eigenvalue weighted by atomic mass is 9.81. The molecule has 1 heterocycles. The average Bonchev–Trinajstić information content (AvgIpc) is 2.67. The number of nitrogens with zero attached hydrogens (tertiary/aromatic N) is 1. The third-order valence-electron chi connectivity index (χ3n) is 3.11. The summed E-state index contributed by atoms with van der Waals surface area (Å²) in [6.07, 6.45) is 7.45. The Morgan fingerprint density at radius 1 is 1.18 bits per heavy atom. The number of fused-ring (bicyclic) bond motifs is 1. The number of ether oxygens (including phenoxy) is 1. The molecular formula is C14H10N2O. The van der Waals surface area contributed by atoms with Gasteiger partial charge in [-0.15, -0.1) is 0 Å². The van der Waals surface area contributed by atoms with E-state index in [4.69, 9.17) is 10.5 Å². The maximum atomic E-state index is 9.22. The third kappa shape index (κ3) is 1.28. The molecule has 1 aliphatic carbocycles. The van der Waals surface area contributed by atoms with Crippen LogP contribution >= 0.6 is 0 Å². The van der Waals surface area contributed by atoms with Crippen LogP contribution in [0.25, 0.3) is 12.2 Å².